The van der Waals surface area contributed by atoms with Gasteiger partial charge < -0.3 is 15.4 Å². The molecular weight excluding hydrogens is 242 g/mol. The van der Waals surface area contributed by atoms with Gasteiger partial charge in [0, 0.05) is 31.5 Å². The highest BCUT2D eigenvalue weighted by atomic mass is 16.5. The van der Waals surface area contributed by atoms with E-state index < -0.39 is 0 Å². The van der Waals surface area contributed by atoms with E-state index in [1.165, 1.54) is 0 Å². The summed E-state index contributed by atoms with van der Waals surface area (Å²) in [4.78, 5) is 14.0. The van der Waals surface area contributed by atoms with Crippen molar-refractivity contribution in [3.63, 3.8) is 0 Å². The number of aryl methyl sites for hydroxylation is 1. The number of hydrogen-bond acceptors (Lipinski definition) is 4. The van der Waals surface area contributed by atoms with Gasteiger partial charge in [-0.05, 0) is 30.7 Å². The Labute approximate surface area is 113 Å². The van der Waals surface area contributed by atoms with Crippen LogP contribution < -0.4 is 5.73 Å². The number of benzene rings is 1. The summed E-state index contributed by atoms with van der Waals surface area (Å²) in [6.45, 7) is 3.19. The topological polar surface area (TPSA) is 79.3 Å². The average molecular weight is 261 g/mol. The van der Waals surface area contributed by atoms with E-state index in [1.807, 2.05) is 19.1 Å². The molecular formula is C14H19N3O2. The minimum atomic E-state index is -0.122. The number of ether oxygens (including phenoxy) is 1. The molecule has 5 heteroatoms. The van der Waals surface area contributed by atoms with Gasteiger partial charge in [0.05, 0.1) is 19.1 Å². The molecule has 1 rings (SSSR count). The molecule has 1 aromatic carbocycles. The maximum Gasteiger partial charge on any atom is 0.254 e. The zero-order valence-corrected chi connectivity index (χ0v) is 11.3. The number of methoxy groups -OCH3 is 1. The normalized spacial score (nSPS) is 9.95. The van der Waals surface area contributed by atoms with Crippen LogP contribution in [0.5, 0.6) is 0 Å². The first-order valence-corrected chi connectivity index (χ1v) is 6.10. The molecule has 0 saturated carbocycles. The standard InChI is InChI=1S/C14H19N3O2/c1-11-8-12(10-13(16)9-11)14(18)17(5-3-4-15)6-7-19-2/h8-10H,3,5-7,16H2,1-2H3. The molecule has 0 bridgehead atoms. The fourth-order valence-electron chi connectivity index (χ4n) is 1.82. The Morgan fingerprint density at radius 1 is 1.42 bits per heavy atom. The Hall–Kier alpha value is -2.06. The maximum absolute atomic E-state index is 12.4. The molecule has 1 aromatic rings. The van der Waals surface area contributed by atoms with Crippen molar-refractivity contribution in [1.29, 1.82) is 5.26 Å². The predicted octanol–water partition coefficient (Wildman–Crippen LogP) is 1.58. The third-order valence-corrected chi connectivity index (χ3v) is 2.69. The largest absolute Gasteiger partial charge is 0.399 e. The maximum atomic E-state index is 12.4. The molecule has 5 nitrogen and oxygen atoms in total. The molecule has 0 heterocycles. The molecule has 2 N–H and O–H groups in total. The summed E-state index contributed by atoms with van der Waals surface area (Å²) < 4.78 is 4.98. The average Bonchev–Trinajstić information content (AvgIpc) is 2.37. The molecule has 102 valence electrons. The Morgan fingerprint density at radius 3 is 2.74 bits per heavy atom. The summed E-state index contributed by atoms with van der Waals surface area (Å²) in [6, 6.07) is 7.31. The van der Waals surface area contributed by atoms with Gasteiger partial charge in [-0.15, -0.1) is 0 Å². The van der Waals surface area contributed by atoms with Crippen LogP contribution in [0.4, 0.5) is 5.69 Å². The molecule has 0 spiro atoms. The van der Waals surface area contributed by atoms with Crippen molar-refractivity contribution < 1.29 is 9.53 Å². The number of carbonyl (C=O) groups is 1. The van der Waals surface area contributed by atoms with Crippen molar-refractivity contribution in [3.05, 3.63) is 29.3 Å². The van der Waals surface area contributed by atoms with E-state index in [2.05, 4.69) is 0 Å². The number of anilines is 1. The molecule has 0 aliphatic heterocycles. The van der Waals surface area contributed by atoms with Crippen LogP contribution in [-0.2, 0) is 4.74 Å². The van der Waals surface area contributed by atoms with E-state index in [1.54, 1.807) is 24.1 Å². The minimum absolute atomic E-state index is 0.122. The summed E-state index contributed by atoms with van der Waals surface area (Å²) >= 11 is 0. The van der Waals surface area contributed by atoms with Crippen LogP contribution in [-0.4, -0.2) is 37.6 Å². The highest BCUT2D eigenvalue weighted by molar-refractivity contribution is 5.95. The van der Waals surface area contributed by atoms with Crippen molar-refractivity contribution in [2.24, 2.45) is 0 Å². The predicted molar refractivity (Wildman–Crippen MR) is 73.6 cm³/mol. The Kier molecular flexibility index (Phi) is 5.83. The first-order chi connectivity index (χ1) is 9.08. The summed E-state index contributed by atoms with van der Waals surface area (Å²) in [6.07, 6.45) is 0.302. The number of nitrogen functional groups attached to an aromatic ring is 1. The van der Waals surface area contributed by atoms with Crippen LogP contribution in [0, 0.1) is 18.3 Å². The van der Waals surface area contributed by atoms with Gasteiger partial charge in [-0.25, -0.2) is 0 Å². The van der Waals surface area contributed by atoms with E-state index in [-0.39, 0.29) is 5.91 Å². The van der Waals surface area contributed by atoms with Gasteiger partial charge in [-0.3, -0.25) is 4.79 Å². The molecule has 0 aliphatic rings. The Bertz CT molecular complexity index is 460. The highest BCUT2D eigenvalue weighted by Crippen LogP contribution is 2.13. The number of carbonyl (C=O) groups excluding carboxylic acids is 1. The van der Waals surface area contributed by atoms with Gasteiger partial charge in [-0.1, -0.05) is 0 Å². The summed E-state index contributed by atoms with van der Waals surface area (Å²) in [5, 5.41) is 8.64. The van der Waals surface area contributed by atoms with Gasteiger partial charge in [0.15, 0.2) is 0 Å². The second-order valence-corrected chi connectivity index (χ2v) is 4.33. The van der Waals surface area contributed by atoms with E-state index in [0.29, 0.717) is 37.4 Å². The molecule has 0 fully saturated rings. The molecule has 0 aromatic heterocycles. The molecule has 0 atom stereocenters. The summed E-state index contributed by atoms with van der Waals surface area (Å²) in [5.41, 5.74) is 7.80. The van der Waals surface area contributed by atoms with Crippen LogP contribution in [0.15, 0.2) is 18.2 Å². The van der Waals surface area contributed by atoms with Gasteiger partial charge in [0.1, 0.15) is 0 Å². The van der Waals surface area contributed by atoms with E-state index in [0.717, 1.165) is 5.56 Å². The first-order valence-electron chi connectivity index (χ1n) is 6.10. The second kappa shape index (κ2) is 7.39. The van der Waals surface area contributed by atoms with E-state index in [9.17, 15) is 4.79 Å². The van der Waals surface area contributed by atoms with Crippen molar-refractivity contribution >= 4 is 11.6 Å². The first kappa shape index (κ1) is 15.0. The van der Waals surface area contributed by atoms with Crippen molar-refractivity contribution in [1.82, 2.24) is 4.90 Å². The van der Waals surface area contributed by atoms with Gasteiger partial charge >= 0.3 is 0 Å². The number of nitriles is 1. The number of rotatable bonds is 6. The molecule has 19 heavy (non-hydrogen) atoms. The lowest BCUT2D eigenvalue weighted by Gasteiger charge is -2.21. The number of nitrogens with zero attached hydrogens (tertiary/aromatic N) is 2. The zero-order chi connectivity index (χ0) is 14.3. The Balaban J connectivity index is 2.87. The zero-order valence-electron chi connectivity index (χ0n) is 11.3. The lowest BCUT2D eigenvalue weighted by molar-refractivity contribution is 0.0700. The van der Waals surface area contributed by atoms with Gasteiger partial charge in [0.2, 0.25) is 0 Å². The summed E-state index contributed by atoms with van der Waals surface area (Å²) in [5.74, 6) is -0.122. The lowest BCUT2D eigenvalue weighted by atomic mass is 10.1. The summed E-state index contributed by atoms with van der Waals surface area (Å²) in [7, 11) is 1.58. The van der Waals surface area contributed by atoms with Crippen LogP contribution in [0.3, 0.4) is 0 Å². The Morgan fingerprint density at radius 2 is 2.16 bits per heavy atom. The van der Waals surface area contributed by atoms with Crippen LogP contribution in [0.2, 0.25) is 0 Å². The molecule has 0 aliphatic carbocycles. The lowest BCUT2D eigenvalue weighted by Crippen LogP contribution is -2.34. The molecule has 0 saturated heterocycles. The molecule has 0 unspecified atom stereocenters. The van der Waals surface area contributed by atoms with Crippen molar-refractivity contribution in [2.45, 2.75) is 13.3 Å². The SMILES string of the molecule is COCCN(CCC#N)C(=O)c1cc(C)cc(N)c1. The van der Waals surface area contributed by atoms with Gasteiger partial charge in [0.25, 0.3) is 5.91 Å². The second-order valence-electron chi connectivity index (χ2n) is 4.33. The third kappa shape index (κ3) is 4.60. The highest BCUT2D eigenvalue weighted by Gasteiger charge is 2.15. The third-order valence-electron chi connectivity index (χ3n) is 2.69. The van der Waals surface area contributed by atoms with Crippen LogP contribution in [0.1, 0.15) is 22.3 Å². The fourth-order valence-corrected chi connectivity index (χ4v) is 1.82. The number of nitrogens with two attached hydrogens (primary N) is 1. The minimum Gasteiger partial charge on any atom is -0.399 e. The van der Waals surface area contributed by atoms with Crippen LogP contribution >= 0.6 is 0 Å². The smallest absolute Gasteiger partial charge is 0.254 e. The number of amides is 1. The van der Waals surface area contributed by atoms with Crippen molar-refractivity contribution in [2.75, 3.05) is 32.5 Å². The monoisotopic (exact) mass is 261 g/mol. The van der Waals surface area contributed by atoms with E-state index in [4.69, 9.17) is 15.7 Å². The van der Waals surface area contributed by atoms with E-state index >= 15 is 0 Å². The molecule has 1 amide bonds. The van der Waals surface area contributed by atoms with Crippen LogP contribution in [0.25, 0.3) is 0 Å². The number of hydrogen-bond donors (Lipinski definition) is 1. The van der Waals surface area contributed by atoms with Gasteiger partial charge in [-0.2, -0.15) is 5.26 Å². The molecule has 0 radical (unpaired) electrons. The fraction of sp³-hybridized carbons (Fsp3) is 0.429. The van der Waals surface area contributed by atoms with Crippen molar-refractivity contribution in [3.8, 4) is 6.07 Å². The quantitative estimate of drug-likeness (QED) is 0.788.